The number of hydrogen-bond donors (Lipinski definition) is 0. The molecule has 0 aromatic heterocycles. The van der Waals surface area contributed by atoms with Crippen molar-refractivity contribution in [2.75, 3.05) is 14.2 Å². The van der Waals surface area contributed by atoms with Crippen LogP contribution in [0.4, 0.5) is 0 Å². The van der Waals surface area contributed by atoms with Crippen molar-refractivity contribution < 1.29 is 33.3 Å². The highest BCUT2D eigenvalue weighted by atomic mass is 16.6. The molecule has 0 aliphatic carbocycles. The van der Waals surface area contributed by atoms with Gasteiger partial charge < -0.3 is 23.7 Å². The summed E-state index contributed by atoms with van der Waals surface area (Å²) in [6.07, 6.45) is 3.49. The summed E-state index contributed by atoms with van der Waals surface area (Å²) in [5.41, 5.74) is 0.626. The number of carbonyl (C=O) groups is 2. The number of fused-ring (bicyclic) bond motifs is 16. The van der Waals surface area contributed by atoms with Crippen molar-refractivity contribution in [2.24, 2.45) is 23.7 Å². The molecule has 0 amide bonds. The SMILES string of the molecule is COC(=O)C1=C(C(=O)OC)C2OC1C1C3OC(C4C5C=CC(O5)C34)C21. The first-order valence-corrected chi connectivity index (χ1v) is 8.71. The molecule has 6 aliphatic rings. The molecule has 0 aromatic carbocycles. The van der Waals surface area contributed by atoms with E-state index in [1.165, 1.54) is 14.2 Å². The van der Waals surface area contributed by atoms with E-state index in [0.717, 1.165) is 0 Å². The summed E-state index contributed by atoms with van der Waals surface area (Å²) >= 11 is 0. The van der Waals surface area contributed by atoms with Crippen LogP contribution in [0.3, 0.4) is 0 Å². The van der Waals surface area contributed by atoms with Gasteiger partial charge in [-0.1, -0.05) is 12.2 Å². The fourth-order valence-electron chi connectivity index (χ4n) is 6.26. The van der Waals surface area contributed by atoms with Crippen LogP contribution in [0.5, 0.6) is 0 Å². The van der Waals surface area contributed by atoms with Gasteiger partial charge in [0.2, 0.25) is 0 Å². The Morgan fingerprint density at radius 2 is 1.24 bits per heavy atom. The van der Waals surface area contributed by atoms with Gasteiger partial charge in [0.05, 0.1) is 62.0 Å². The molecule has 10 unspecified atom stereocenters. The third kappa shape index (κ3) is 1.46. The van der Waals surface area contributed by atoms with Crippen LogP contribution in [0.15, 0.2) is 23.3 Å². The Morgan fingerprint density at radius 1 is 0.760 bits per heavy atom. The van der Waals surface area contributed by atoms with Gasteiger partial charge in [-0.15, -0.1) is 0 Å². The maximum absolute atomic E-state index is 12.3. The Bertz CT molecular complexity index is 697. The highest BCUT2D eigenvalue weighted by molar-refractivity contribution is 6.03. The molecule has 132 valence electrons. The molecule has 7 nitrogen and oxygen atoms in total. The standard InChI is InChI=1S/C18H18O7/c1-21-17(19)11-12(18(20)22-2)16-10-9(15(11)25-16)13-7-5-3-4-6(23-5)8(7)14(10)24-13/h3-10,13-16H,1-2H3. The van der Waals surface area contributed by atoms with Gasteiger partial charge in [0.15, 0.2) is 0 Å². The maximum Gasteiger partial charge on any atom is 0.337 e. The Balaban J connectivity index is 1.44. The lowest BCUT2D eigenvalue weighted by Gasteiger charge is -2.37. The van der Waals surface area contributed by atoms with Crippen LogP contribution >= 0.6 is 0 Å². The number of carbonyl (C=O) groups excluding carboxylic acids is 2. The predicted octanol–water partition coefficient (Wildman–Crippen LogP) is -0.00700. The molecule has 6 heterocycles. The summed E-state index contributed by atoms with van der Waals surface area (Å²) in [7, 11) is 2.63. The quantitative estimate of drug-likeness (QED) is 0.514. The van der Waals surface area contributed by atoms with Gasteiger partial charge >= 0.3 is 11.9 Å². The van der Waals surface area contributed by atoms with E-state index in [9.17, 15) is 9.59 Å². The average molecular weight is 346 g/mol. The molecule has 7 heteroatoms. The van der Waals surface area contributed by atoms with Crippen molar-refractivity contribution in [1.29, 1.82) is 0 Å². The normalized spacial score (nSPS) is 52.7. The van der Waals surface area contributed by atoms with Crippen LogP contribution in [0.25, 0.3) is 0 Å². The minimum atomic E-state index is -0.519. The summed E-state index contributed by atoms with van der Waals surface area (Å²) in [6.45, 7) is 0. The van der Waals surface area contributed by atoms with E-state index >= 15 is 0 Å². The minimum absolute atomic E-state index is 0.00574. The second kappa shape index (κ2) is 4.52. The van der Waals surface area contributed by atoms with Gasteiger partial charge in [-0.25, -0.2) is 9.59 Å². The molecule has 0 N–H and O–H groups in total. The molecule has 6 aliphatic heterocycles. The summed E-state index contributed by atoms with van der Waals surface area (Å²) in [5, 5.41) is 0. The van der Waals surface area contributed by atoms with Gasteiger partial charge in [0, 0.05) is 23.7 Å². The molecular formula is C18H18O7. The molecule has 4 saturated heterocycles. The van der Waals surface area contributed by atoms with E-state index in [2.05, 4.69) is 12.2 Å². The Morgan fingerprint density at radius 3 is 1.68 bits per heavy atom. The van der Waals surface area contributed by atoms with Crippen molar-refractivity contribution in [3.63, 3.8) is 0 Å². The molecule has 4 fully saturated rings. The van der Waals surface area contributed by atoms with Crippen molar-refractivity contribution in [2.45, 2.75) is 36.6 Å². The minimum Gasteiger partial charge on any atom is -0.466 e. The molecule has 0 spiro atoms. The van der Waals surface area contributed by atoms with Crippen molar-refractivity contribution in [1.82, 2.24) is 0 Å². The highest BCUT2D eigenvalue weighted by Gasteiger charge is 2.75. The Hall–Kier alpha value is -1.70. The van der Waals surface area contributed by atoms with Crippen LogP contribution in [0.2, 0.25) is 0 Å². The fraction of sp³-hybridized carbons (Fsp3) is 0.667. The molecule has 10 atom stereocenters. The second-order valence-corrected chi connectivity index (χ2v) is 7.61. The summed E-state index contributed by atoms with van der Waals surface area (Å²) in [4.78, 5) is 24.7. The molecule has 0 radical (unpaired) electrons. The monoisotopic (exact) mass is 346 g/mol. The average Bonchev–Trinajstić information content (AvgIpc) is 3.42. The zero-order valence-corrected chi connectivity index (χ0v) is 13.8. The lowest BCUT2D eigenvalue weighted by Crippen LogP contribution is -2.49. The highest BCUT2D eigenvalue weighted by Crippen LogP contribution is 2.65. The van der Waals surface area contributed by atoms with Crippen LogP contribution in [-0.2, 0) is 33.3 Å². The van der Waals surface area contributed by atoms with E-state index < -0.39 is 24.1 Å². The van der Waals surface area contributed by atoms with Gasteiger partial charge in [-0.3, -0.25) is 0 Å². The Labute approximate surface area is 143 Å². The van der Waals surface area contributed by atoms with Crippen molar-refractivity contribution >= 4 is 11.9 Å². The van der Waals surface area contributed by atoms with Crippen molar-refractivity contribution in [3.05, 3.63) is 23.3 Å². The van der Waals surface area contributed by atoms with Gasteiger partial charge in [0.1, 0.15) is 0 Å². The Kier molecular flexibility index (Phi) is 2.62. The van der Waals surface area contributed by atoms with E-state index in [4.69, 9.17) is 23.7 Å². The molecule has 0 aromatic rings. The van der Waals surface area contributed by atoms with Gasteiger partial charge in [0.25, 0.3) is 0 Å². The summed E-state index contributed by atoms with van der Waals surface area (Å²) in [5.74, 6) is -0.288. The zero-order valence-electron chi connectivity index (χ0n) is 13.8. The van der Waals surface area contributed by atoms with E-state index in [1.807, 2.05) is 0 Å². The molecule has 25 heavy (non-hydrogen) atoms. The zero-order chi connectivity index (χ0) is 17.0. The lowest BCUT2D eigenvalue weighted by molar-refractivity contribution is -0.140. The van der Waals surface area contributed by atoms with Gasteiger partial charge in [-0.2, -0.15) is 0 Å². The topological polar surface area (TPSA) is 80.3 Å². The number of rotatable bonds is 2. The molecular weight excluding hydrogens is 328 g/mol. The number of esters is 2. The first-order valence-electron chi connectivity index (χ1n) is 8.71. The lowest BCUT2D eigenvalue weighted by atomic mass is 9.60. The summed E-state index contributed by atoms with van der Waals surface area (Å²) in [6, 6.07) is 0. The molecule has 6 rings (SSSR count). The third-order valence-electron chi connectivity index (χ3n) is 6.95. The first kappa shape index (κ1) is 14.5. The van der Waals surface area contributed by atoms with Crippen LogP contribution in [-0.4, -0.2) is 62.8 Å². The smallest absolute Gasteiger partial charge is 0.337 e. The first-order chi connectivity index (χ1) is 12.2. The number of methoxy groups -OCH3 is 2. The summed E-state index contributed by atoms with van der Waals surface area (Å²) < 4.78 is 28.4. The van der Waals surface area contributed by atoms with Crippen LogP contribution in [0.1, 0.15) is 0 Å². The van der Waals surface area contributed by atoms with E-state index in [-0.39, 0.29) is 36.3 Å². The molecule has 0 saturated carbocycles. The third-order valence-corrected chi connectivity index (χ3v) is 6.95. The largest absolute Gasteiger partial charge is 0.466 e. The number of hydrogen-bond acceptors (Lipinski definition) is 7. The second-order valence-electron chi connectivity index (χ2n) is 7.61. The maximum atomic E-state index is 12.3. The predicted molar refractivity (Wildman–Crippen MR) is 80.1 cm³/mol. The molecule has 6 bridgehead atoms. The van der Waals surface area contributed by atoms with Crippen molar-refractivity contribution in [3.8, 4) is 0 Å². The van der Waals surface area contributed by atoms with Gasteiger partial charge in [-0.05, 0) is 0 Å². The fourth-order valence-corrected chi connectivity index (χ4v) is 6.26. The number of ether oxygens (including phenoxy) is 5. The van der Waals surface area contributed by atoms with E-state index in [0.29, 0.717) is 23.0 Å². The van der Waals surface area contributed by atoms with Crippen LogP contribution < -0.4 is 0 Å². The van der Waals surface area contributed by atoms with Crippen LogP contribution in [0, 0.1) is 23.7 Å². The van der Waals surface area contributed by atoms with E-state index in [1.54, 1.807) is 0 Å².